The van der Waals surface area contributed by atoms with Crippen molar-refractivity contribution in [1.82, 2.24) is 5.32 Å². The number of aliphatic hydroxyl groups excluding tert-OH is 1. The first-order valence-electron chi connectivity index (χ1n) is 7.19. The maximum Gasteiger partial charge on any atom is 0.387 e. The van der Waals surface area contributed by atoms with E-state index in [1.807, 2.05) is 0 Å². The van der Waals surface area contributed by atoms with Crippen molar-refractivity contribution >= 4 is 0 Å². The molecule has 1 aromatic rings. The van der Waals surface area contributed by atoms with E-state index in [4.69, 9.17) is 4.74 Å². The Morgan fingerprint density at radius 2 is 2.10 bits per heavy atom. The fourth-order valence-electron chi connectivity index (χ4n) is 2.14. The second kappa shape index (κ2) is 7.56. The minimum absolute atomic E-state index is 0.0358. The molecule has 0 spiro atoms. The highest BCUT2D eigenvalue weighted by atomic mass is 19.3. The normalized spacial score (nSPS) is 16.0. The molecule has 1 saturated carbocycles. The van der Waals surface area contributed by atoms with Gasteiger partial charge in [0.05, 0.1) is 12.7 Å². The van der Waals surface area contributed by atoms with Crippen LogP contribution in [-0.2, 0) is 6.54 Å². The number of nitrogens with one attached hydrogen (secondary N) is 1. The number of aliphatic hydroxyl groups is 1. The molecule has 2 rings (SSSR count). The van der Waals surface area contributed by atoms with Gasteiger partial charge in [0.1, 0.15) is 0 Å². The van der Waals surface area contributed by atoms with Crippen molar-refractivity contribution < 1.29 is 23.4 Å². The Balaban J connectivity index is 1.91. The van der Waals surface area contributed by atoms with Gasteiger partial charge in [-0.25, -0.2) is 0 Å². The zero-order chi connectivity index (χ0) is 15.2. The predicted molar refractivity (Wildman–Crippen MR) is 74.7 cm³/mol. The SMILES string of the molecule is CCOc1cc(CNCC(O)C2CC2)ccc1OC(F)F. The number of rotatable bonds is 9. The van der Waals surface area contributed by atoms with Crippen molar-refractivity contribution in [2.45, 2.75) is 39.0 Å². The molecule has 1 aliphatic carbocycles. The van der Waals surface area contributed by atoms with E-state index >= 15 is 0 Å². The number of alkyl halides is 2. The number of ether oxygens (including phenoxy) is 2. The van der Waals surface area contributed by atoms with E-state index in [1.165, 1.54) is 6.07 Å². The van der Waals surface area contributed by atoms with Crippen molar-refractivity contribution in [3.05, 3.63) is 23.8 Å². The molecule has 1 aliphatic rings. The van der Waals surface area contributed by atoms with Gasteiger partial charge in [0.25, 0.3) is 0 Å². The van der Waals surface area contributed by atoms with Crippen molar-refractivity contribution in [3.8, 4) is 11.5 Å². The van der Waals surface area contributed by atoms with Crippen LogP contribution >= 0.6 is 0 Å². The third-order valence-electron chi connectivity index (χ3n) is 3.37. The maximum atomic E-state index is 12.3. The largest absolute Gasteiger partial charge is 0.490 e. The van der Waals surface area contributed by atoms with Gasteiger partial charge in [-0.3, -0.25) is 0 Å². The summed E-state index contributed by atoms with van der Waals surface area (Å²) in [7, 11) is 0. The molecular weight excluding hydrogens is 280 g/mol. The summed E-state index contributed by atoms with van der Waals surface area (Å²) in [6.45, 7) is 0.352. The van der Waals surface area contributed by atoms with E-state index in [1.54, 1.807) is 19.1 Å². The van der Waals surface area contributed by atoms with Crippen LogP contribution in [-0.4, -0.2) is 31.0 Å². The lowest BCUT2D eigenvalue weighted by Gasteiger charge is -2.14. The standard InChI is InChI=1S/C15H21F2NO3/c1-2-20-14-7-10(3-6-13(14)21-15(16)17)8-18-9-12(19)11-4-5-11/h3,6-7,11-12,15,18-19H,2,4-5,8-9H2,1H3. The van der Waals surface area contributed by atoms with Crippen LogP contribution < -0.4 is 14.8 Å². The maximum absolute atomic E-state index is 12.3. The Hall–Kier alpha value is -1.40. The van der Waals surface area contributed by atoms with E-state index in [0.29, 0.717) is 31.4 Å². The summed E-state index contributed by atoms with van der Waals surface area (Å²) in [6.07, 6.45) is 1.88. The average Bonchev–Trinajstić information content (AvgIpc) is 3.25. The molecule has 0 bridgehead atoms. The van der Waals surface area contributed by atoms with Crippen molar-refractivity contribution in [2.75, 3.05) is 13.2 Å². The van der Waals surface area contributed by atoms with Crippen LogP contribution in [0.5, 0.6) is 11.5 Å². The quantitative estimate of drug-likeness (QED) is 0.736. The minimum atomic E-state index is -2.87. The molecule has 1 unspecified atom stereocenters. The number of hydrogen-bond donors (Lipinski definition) is 2. The summed E-state index contributed by atoms with van der Waals surface area (Å²) < 4.78 is 34.3. The molecule has 6 heteroatoms. The first-order chi connectivity index (χ1) is 10.1. The Morgan fingerprint density at radius 3 is 2.71 bits per heavy atom. The Bertz CT molecular complexity index is 453. The molecular formula is C15H21F2NO3. The Morgan fingerprint density at radius 1 is 1.33 bits per heavy atom. The molecule has 1 atom stereocenters. The monoisotopic (exact) mass is 301 g/mol. The molecule has 0 aromatic heterocycles. The number of benzene rings is 1. The average molecular weight is 301 g/mol. The highest BCUT2D eigenvalue weighted by Crippen LogP contribution is 2.32. The van der Waals surface area contributed by atoms with Crippen LogP contribution in [0.25, 0.3) is 0 Å². The van der Waals surface area contributed by atoms with Crippen LogP contribution in [0, 0.1) is 5.92 Å². The zero-order valence-electron chi connectivity index (χ0n) is 12.0. The topological polar surface area (TPSA) is 50.7 Å². The first kappa shape index (κ1) is 16.0. The van der Waals surface area contributed by atoms with Gasteiger partial charge < -0.3 is 19.9 Å². The smallest absolute Gasteiger partial charge is 0.387 e. The van der Waals surface area contributed by atoms with Gasteiger partial charge in [-0.2, -0.15) is 8.78 Å². The van der Waals surface area contributed by atoms with Gasteiger partial charge >= 0.3 is 6.61 Å². The van der Waals surface area contributed by atoms with Crippen molar-refractivity contribution in [2.24, 2.45) is 5.92 Å². The van der Waals surface area contributed by atoms with E-state index < -0.39 is 6.61 Å². The highest BCUT2D eigenvalue weighted by molar-refractivity contribution is 5.43. The lowest BCUT2D eigenvalue weighted by Crippen LogP contribution is -2.27. The predicted octanol–water partition coefficient (Wildman–Crippen LogP) is 2.55. The van der Waals surface area contributed by atoms with Gasteiger partial charge in [-0.15, -0.1) is 0 Å². The molecule has 0 aliphatic heterocycles. The van der Waals surface area contributed by atoms with E-state index in [2.05, 4.69) is 10.1 Å². The molecule has 2 N–H and O–H groups in total. The number of halogens is 2. The molecule has 0 heterocycles. The van der Waals surface area contributed by atoms with Crippen LogP contribution in [0.4, 0.5) is 8.78 Å². The summed E-state index contributed by atoms with van der Waals surface area (Å²) >= 11 is 0. The van der Waals surface area contributed by atoms with Crippen molar-refractivity contribution in [3.63, 3.8) is 0 Å². The third kappa shape index (κ3) is 5.13. The van der Waals surface area contributed by atoms with Crippen LogP contribution in [0.1, 0.15) is 25.3 Å². The van der Waals surface area contributed by atoms with Crippen LogP contribution in [0.15, 0.2) is 18.2 Å². The summed E-state index contributed by atoms with van der Waals surface area (Å²) in [6, 6.07) is 4.86. The summed E-state index contributed by atoms with van der Waals surface area (Å²) in [5, 5.41) is 12.9. The Kier molecular flexibility index (Phi) is 5.76. The summed E-state index contributed by atoms with van der Waals surface area (Å²) in [5.41, 5.74) is 0.892. The second-order valence-electron chi connectivity index (χ2n) is 5.13. The molecule has 118 valence electrons. The van der Waals surface area contributed by atoms with E-state index in [9.17, 15) is 13.9 Å². The van der Waals surface area contributed by atoms with Gasteiger partial charge in [0, 0.05) is 13.1 Å². The van der Waals surface area contributed by atoms with E-state index in [0.717, 1.165) is 18.4 Å². The lowest BCUT2D eigenvalue weighted by molar-refractivity contribution is -0.0514. The van der Waals surface area contributed by atoms with E-state index in [-0.39, 0.29) is 11.9 Å². The number of hydrogen-bond acceptors (Lipinski definition) is 4. The molecule has 21 heavy (non-hydrogen) atoms. The molecule has 4 nitrogen and oxygen atoms in total. The zero-order valence-corrected chi connectivity index (χ0v) is 12.0. The molecule has 1 fully saturated rings. The first-order valence-corrected chi connectivity index (χ1v) is 7.19. The van der Waals surface area contributed by atoms with Crippen LogP contribution in [0.3, 0.4) is 0 Å². The molecule has 0 saturated heterocycles. The molecule has 0 radical (unpaired) electrons. The Labute approximate surface area is 123 Å². The van der Waals surface area contributed by atoms with Crippen molar-refractivity contribution in [1.29, 1.82) is 0 Å². The van der Waals surface area contributed by atoms with Crippen LogP contribution in [0.2, 0.25) is 0 Å². The van der Waals surface area contributed by atoms with Gasteiger partial charge in [-0.05, 0) is 43.4 Å². The van der Waals surface area contributed by atoms with Gasteiger partial charge in [-0.1, -0.05) is 6.07 Å². The molecule has 0 amide bonds. The minimum Gasteiger partial charge on any atom is -0.490 e. The fourth-order valence-corrected chi connectivity index (χ4v) is 2.14. The van der Waals surface area contributed by atoms with Gasteiger partial charge in [0.2, 0.25) is 0 Å². The summed E-state index contributed by atoms with van der Waals surface area (Å²) in [4.78, 5) is 0. The molecule has 1 aromatic carbocycles. The lowest BCUT2D eigenvalue weighted by atomic mass is 10.2. The second-order valence-corrected chi connectivity index (χ2v) is 5.13. The fraction of sp³-hybridized carbons (Fsp3) is 0.600. The highest BCUT2D eigenvalue weighted by Gasteiger charge is 2.29. The third-order valence-corrected chi connectivity index (χ3v) is 3.37. The summed E-state index contributed by atoms with van der Waals surface area (Å²) in [5.74, 6) is 0.770. The van der Waals surface area contributed by atoms with Gasteiger partial charge in [0.15, 0.2) is 11.5 Å².